The Kier molecular flexibility index (Phi) is 1.25. The first kappa shape index (κ1) is 6.15. The second kappa shape index (κ2) is 2.23. The lowest BCUT2D eigenvalue weighted by atomic mass is 10.2. The highest BCUT2D eigenvalue weighted by atomic mass is 16.1. The van der Waals surface area contributed by atoms with Gasteiger partial charge >= 0.3 is 0 Å². The molecule has 54 valence electrons. The maximum absolute atomic E-state index is 10.3. The molecule has 2 heterocycles. The molecule has 2 rings (SSSR count). The molecule has 4 heteroatoms. The molecule has 0 saturated heterocycles. The number of carbonyl (C=O) groups is 1. The van der Waals surface area contributed by atoms with Gasteiger partial charge in [0, 0.05) is 18.2 Å². The summed E-state index contributed by atoms with van der Waals surface area (Å²) in [5.41, 5.74) is 1.45. The zero-order valence-corrected chi connectivity index (χ0v) is 5.69. The van der Waals surface area contributed by atoms with Crippen molar-refractivity contribution in [3.8, 4) is 0 Å². The predicted octanol–water partition coefficient (Wildman–Crippen LogP) is 0.304. The Labute approximate surface area is 63.0 Å². The fourth-order valence-corrected chi connectivity index (χ4v) is 1.02. The molecule has 0 fully saturated rings. The van der Waals surface area contributed by atoms with Gasteiger partial charge in [-0.05, 0) is 0 Å². The van der Waals surface area contributed by atoms with Crippen molar-refractivity contribution in [2.24, 2.45) is 4.99 Å². The lowest BCUT2D eigenvalue weighted by molar-refractivity contribution is -0.102. The van der Waals surface area contributed by atoms with Gasteiger partial charge in [0.25, 0.3) is 0 Å². The van der Waals surface area contributed by atoms with Gasteiger partial charge < -0.3 is 0 Å². The van der Waals surface area contributed by atoms with Crippen LogP contribution >= 0.6 is 0 Å². The van der Waals surface area contributed by atoms with Crippen LogP contribution in [0.3, 0.4) is 0 Å². The normalized spacial score (nSPS) is 14.0. The number of rotatable bonds is 1. The van der Waals surface area contributed by atoms with E-state index in [1.165, 1.54) is 6.33 Å². The van der Waals surface area contributed by atoms with E-state index in [1.807, 2.05) is 0 Å². The van der Waals surface area contributed by atoms with Gasteiger partial charge in [-0.3, -0.25) is 4.79 Å². The molecule has 0 aromatic carbocycles. The Hall–Kier alpha value is -1.58. The van der Waals surface area contributed by atoms with Crippen molar-refractivity contribution in [1.29, 1.82) is 0 Å². The van der Waals surface area contributed by atoms with Crippen molar-refractivity contribution in [2.45, 2.75) is 6.42 Å². The molecule has 1 aliphatic rings. The Morgan fingerprint density at radius 3 is 3.18 bits per heavy atom. The van der Waals surface area contributed by atoms with Crippen LogP contribution < -0.4 is 0 Å². The molecule has 1 aromatic heterocycles. The highest BCUT2D eigenvalue weighted by Gasteiger charge is 2.13. The van der Waals surface area contributed by atoms with Crippen LogP contribution in [0.2, 0.25) is 0 Å². The third-order valence-electron chi connectivity index (χ3n) is 1.52. The minimum Gasteiger partial charge on any atom is -0.297 e. The monoisotopic (exact) mass is 147 g/mol. The van der Waals surface area contributed by atoms with Gasteiger partial charge in [-0.25, -0.2) is 15.0 Å². The van der Waals surface area contributed by atoms with Gasteiger partial charge in [0.15, 0.2) is 12.1 Å². The van der Waals surface area contributed by atoms with E-state index in [4.69, 9.17) is 0 Å². The second-order valence-electron chi connectivity index (χ2n) is 2.27. The Bertz CT molecular complexity index is 332. The first-order valence-electron chi connectivity index (χ1n) is 3.22. The summed E-state index contributed by atoms with van der Waals surface area (Å²) >= 11 is 0. The molecule has 0 N–H and O–H groups in total. The van der Waals surface area contributed by atoms with Gasteiger partial charge in [0.1, 0.15) is 6.33 Å². The molecule has 0 unspecified atom stereocenters. The average molecular weight is 147 g/mol. The summed E-state index contributed by atoms with van der Waals surface area (Å²) in [4.78, 5) is 22.0. The molecule has 1 aliphatic heterocycles. The number of aldehydes is 1. The molecule has 0 bridgehead atoms. The first-order chi connectivity index (χ1) is 5.40. The van der Waals surface area contributed by atoms with Crippen molar-refractivity contribution < 1.29 is 4.79 Å². The number of hydrogen-bond donors (Lipinski definition) is 0. The number of hydrogen-bond acceptors (Lipinski definition) is 4. The van der Waals surface area contributed by atoms with Crippen LogP contribution in [0.1, 0.15) is 5.56 Å². The molecular weight excluding hydrogens is 142 g/mol. The van der Waals surface area contributed by atoms with Gasteiger partial charge in [-0.1, -0.05) is 0 Å². The maximum atomic E-state index is 10.3. The fourth-order valence-electron chi connectivity index (χ4n) is 1.02. The highest BCUT2D eigenvalue weighted by molar-refractivity contribution is 6.30. The molecule has 0 aliphatic carbocycles. The minimum absolute atomic E-state index is 0.528. The third kappa shape index (κ3) is 0.920. The number of nitrogens with zero attached hydrogens (tertiary/aromatic N) is 3. The van der Waals surface area contributed by atoms with E-state index in [0.717, 1.165) is 11.8 Å². The van der Waals surface area contributed by atoms with E-state index in [-0.39, 0.29) is 0 Å². The first-order valence-corrected chi connectivity index (χ1v) is 3.22. The standard InChI is InChI=1S/C7H5N3O/c11-3-6-1-5-2-8-4-9-7(5)10-6/h2-4H,1H2. The van der Waals surface area contributed by atoms with E-state index in [0.29, 0.717) is 18.0 Å². The smallest absolute Gasteiger partial charge is 0.164 e. The summed E-state index contributed by atoms with van der Waals surface area (Å²) in [6.07, 6.45) is 4.43. The van der Waals surface area contributed by atoms with Crippen LogP contribution in [0, 0.1) is 0 Å². The summed E-state index contributed by atoms with van der Waals surface area (Å²) in [7, 11) is 0. The summed E-state index contributed by atoms with van der Waals surface area (Å²) in [6.45, 7) is 0. The Morgan fingerprint density at radius 2 is 2.45 bits per heavy atom. The third-order valence-corrected chi connectivity index (χ3v) is 1.52. The van der Waals surface area contributed by atoms with E-state index in [2.05, 4.69) is 15.0 Å². The predicted molar refractivity (Wildman–Crippen MR) is 38.9 cm³/mol. The maximum Gasteiger partial charge on any atom is 0.164 e. The molecule has 0 radical (unpaired) electrons. The van der Waals surface area contributed by atoms with E-state index >= 15 is 0 Å². The van der Waals surface area contributed by atoms with Gasteiger partial charge in [-0.15, -0.1) is 0 Å². The van der Waals surface area contributed by atoms with E-state index in [1.54, 1.807) is 6.20 Å². The zero-order chi connectivity index (χ0) is 7.68. The molecule has 0 atom stereocenters. The van der Waals surface area contributed by atoms with Gasteiger partial charge in [0.05, 0.1) is 5.71 Å². The fraction of sp³-hybridized carbons (Fsp3) is 0.143. The van der Waals surface area contributed by atoms with Crippen LogP contribution in [0.5, 0.6) is 0 Å². The molecule has 11 heavy (non-hydrogen) atoms. The second-order valence-corrected chi connectivity index (χ2v) is 2.27. The van der Waals surface area contributed by atoms with Gasteiger partial charge in [0.2, 0.25) is 0 Å². The quantitative estimate of drug-likeness (QED) is 0.537. The largest absolute Gasteiger partial charge is 0.297 e. The summed E-state index contributed by atoms with van der Waals surface area (Å²) < 4.78 is 0. The number of aromatic nitrogens is 2. The Morgan fingerprint density at radius 1 is 1.55 bits per heavy atom. The van der Waals surface area contributed by atoms with Crippen LogP contribution in [0.25, 0.3) is 0 Å². The zero-order valence-electron chi connectivity index (χ0n) is 5.69. The molecular formula is C7H5N3O. The molecule has 4 nitrogen and oxygen atoms in total. The summed E-state index contributed by atoms with van der Waals surface area (Å²) in [6, 6.07) is 0. The van der Waals surface area contributed by atoms with Crippen molar-refractivity contribution in [3.63, 3.8) is 0 Å². The van der Waals surface area contributed by atoms with Crippen molar-refractivity contribution in [1.82, 2.24) is 9.97 Å². The van der Waals surface area contributed by atoms with E-state index < -0.39 is 0 Å². The minimum atomic E-state index is 0.528. The van der Waals surface area contributed by atoms with Crippen molar-refractivity contribution in [2.75, 3.05) is 0 Å². The Balaban J connectivity index is 2.47. The van der Waals surface area contributed by atoms with Crippen LogP contribution in [0.15, 0.2) is 17.5 Å². The lowest BCUT2D eigenvalue weighted by Crippen LogP contribution is -1.97. The number of carbonyl (C=O) groups excluding carboxylic acids is 1. The molecule has 1 aromatic rings. The van der Waals surface area contributed by atoms with Crippen LogP contribution in [0.4, 0.5) is 5.82 Å². The van der Waals surface area contributed by atoms with E-state index in [9.17, 15) is 4.79 Å². The molecule has 0 saturated carbocycles. The summed E-state index contributed by atoms with van der Waals surface area (Å²) in [5.74, 6) is 0.627. The van der Waals surface area contributed by atoms with Crippen molar-refractivity contribution >= 4 is 17.8 Å². The van der Waals surface area contributed by atoms with Crippen molar-refractivity contribution in [3.05, 3.63) is 18.1 Å². The van der Waals surface area contributed by atoms with Crippen LogP contribution in [-0.2, 0) is 11.2 Å². The number of fused-ring (bicyclic) bond motifs is 1. The SMILES string of the molecule is O=CC1=Nc2ncncc2C1. The topological polar surface area (TPSA) is 55.2 Å². The van der Waals surface area contributed by atoms with Crippen LogP contribution in [-0.4, -0.2) is 22.0 Å². The van der Waals surface area contributed by atoms with Gasteiger partial charge in [-0.2, -0.15) is 0 Å². The number of aliphatic imine (C=N–C) groups is 1. The summed E-state index contributed by atoms with van der Waals surface area (Å²) in [5, 5.41) is 0. The molecule has 0 spiro atoms. The highest BCUT2D eigenvalue weighted by Crippen LogP contribution is 2.20. The lowest BCUT2D eigenvalue weighted by Gasteiger charge is -1.89. The molecule has 0 amide bonds. The average Bonchev–Trinajstić information content (AvgIpc) is 2.46.